The minimum absolute atomic E-state index is 0.0125. The molecule has 0 bridgehead atoms. The predicted octanol–water partition coefficient (Wildman–Crippen LogP) is 3.47. The van der Waals surface area contributed by atoms with Crippen molar-refractivity contribution in [3.05, 3.63) is 65.7 Å². The molecule has 8 heteroatoms. The van der Waals surface area contributed by atoms with Crippen LogP contribution in [0.25, 0.3) is 0 Å². The fourth-order valence-corrected chi connectivity index (χ4v) is 4.63. The van der Waals surface area contributed by atoms with Gasteiger partial charge in [-0.15, -0.1) is 0 Å². The highest BCUT2D eigenvalue weighted by Crippen LogP contribution is 2.56. The van der Waals surface area contributed by atoms with Crippen LogP contribution < -0.4 is 0 Å². The SMILES string of the molecule is Cc1ccc(N=C(c2ccccc2)[P+](O)(O)CC(CCC(=O)O)C(=O)O)cc1. The van der Waals surface area contributed by atoms with Crippen molar-refractivity contribution in [2.45, 2.75) is 19.8 Å². The van der Waals surface area contributed by atoms with Gasteiger partial charge in [0.2, 0.25) is 5.45 Å². The Hall–Kier alpha value is -2.60. The molecule has 0 spiro atoms. The Labute approximate surface area is 163 Å². The highest BCUT2D eigenvalue weighted by Gasteiger charge is 2.46. The van der Waals surface area contributed by atoms with Gasteiger partial charge in [0.1, 0.15) is 6.16 Å². The summed E-state index contributed by atoms with van der Waals surface area (Å²) in [6.45, 7) is 1.92. The average Bonchev–Trinajstić information content (AvgIpc) is 2.64. The molecule has 148 valence electrons. The summed E-state index contributed by atoms with van der Waals surface area (Å²) in [7, 11) is -3.95. The van der Waals surface area contributed by atoms with Gasteiger partial charge in [-0.25, -0.2) is 14.8 Å². The van der Waals surface area contributed by atoms with Crippen LogP contribution in [0.3, 0.4) is 0 Å². The van der Waals surface area contributed by atoms with Crippen LogP contribution in [0.5, 0.6) is 0 Å². The molecule has 0 aliphatic rings. The first-order valence-corrected chi connectivity index (χ1v) is 10.6. The van der Waals surface area contributed by atoms with Crippen molar-refractivity contribution < 1.29 is 29.6 Å². The van der Waals surface area contributed by atoms with E-state index in [1.165, 1.54) is 0 Å². The maximum Gasteiger partial charge on any atom is 0.320 e. The van der Waals surface area contributed by atoms with Crippen molar-refractivity contribution in [1.29, 1.82) is 0 Å². The molecule has 0 aromatic heterocycles. The monoisotopic (exact) mass is 404 g/mol. The van der Waals surface area contributed by atoms with Crippen LogP contribution in [0, 0.1) is 12.8 Å². The fourth-order valence-electron chi connectivity index (χ4n) is 2.66. The van der Waals surface area contributed by atoms with Gasteiger partial charge >= 0.3 is 19.7 Å². The minimum atomic E-state index is -3.95. The van der Waals surface area contributed by atoms with Crippen LogP contribution in [0.1, 0.15) is 24.0 Å². The summed E-state index contributed by atoms with van der Waals surface area (Å²) in [6.07, 6.45) is -1.04. The molecule has 4 N–H and O–H groups in total. The van der Waals surface area contributed by atoms with Gasteiger partial charge in [0.05, 0.1) is 11.6 Å². The van der Waals surface area contributed by atoms with Gasteiger partial charge in [-0.1, -0.05) is 35.9 Å². The molecule has 0 heterocycles. The maximum atomic E-state index is 11.5. The van der Waals surface area contributed by atoms with E-state index in [2.05, 4.69) is 4.99 Å². The number of rotatable bonds is 9. The Balaban J connectivity index is 2.41. The molecule has 1 atom stereocenters. The lowest BCUT2D eigenvalue weighted by Gasteiger charge is -2.18. The summed E-state index contributed by atoms with van der Waals surface area (Å²) in [5.74, 6) is -3.61. The first-order chi connectivity index (χ1) is 13.2. The molecule has 2 rings (SSSR count). The average molecular weight is 404 g/mol. The number of aliphatic carboxylic acids is 2. The lowest BCUT2D eigenvalue weighted by Crippen LogP contribution is -2.24. The summed E-state index contributed by atoms with van der Waals surface area (Å²) in [5, 5.41) is 18.2. The zero-order chi connectivity index (χ0) is 20.7. The maximum absolute atomic E-state index is 11.5. The van der Waals surface area contributed by atoms with Crippen LogP contribution in [-0.2, 0) is 9.59 Å². The van der Waals surface area contributed by atoms with Gasteiger partial charge in [0, 0.05) is 12.0 Å². The largest absolute Gasteiger partial charge is 0.481 e. The van der Waals surface area contributed by atoms with Crippen molar-refractivity contribution in [2.24, 2.45) is 10.9 Å². The topological polar surface area (TPSA) is 127 Å². The molecule has 0 saturated heterocycles. The van der Waals surface area contributed by atoms with Gasteiger partial charge in [-0.2, -0.15) is 0 Å². The van der Waals surface area contributed by atoms with Crippen molar-refractivity contribution >= 4 is 30.8 Å². The second kappa shape index (κ2) is 9.55. The lowest BCUT2D eigenvalue weighted by atomic mass is 10.1. The molecule has 0 saturated carbocycles. The zero-order valence-electron chi connectivity index (χ0n) is 15.4. The Kier molecular flexibility index (Phi) is 7.40. The summed E-state index contributed by atoms with van der Waals surface area (Å²) in [5.41, 5.74) is 2.02. The van der Waals surface area contributed by atoms with E-state index in [-0.39, 0.29) is 18.3 Å². The molecule has 0 fully saturated rings. The van der Waals surface area contributed by atoms with Crippen molar-refractivity contribution in [1.82, 2.24) is 0 Å². The molecule has 2 aromatic rings. The Bertz CT molecular complexity index is 849. The number of carboxylic acids is 2. The third-order valence-corrected chi connectivity index (χ3v) is 6.16. The second-order valence-electron chi connectivity index (χ2n) is 6.52. The third-order valence-electron chi connectivity index (χ3n) is 4.17. The first kappa shape index (κ1) is 21.7. The number of aryl methyl sites for hydroxylation is 1. The van der Waals surface area contributed by atoms with E-state index in [1.807, 2.05) is 19.1 Å². The van der Waals surface area contributed by atoms with E-state index in [4.69, 9.17) is 5.11 Å². The van der Waals surface area contributed by atoms with Crippen LogP contribution in [0.15, 0.2) is 59.6 Å². The zero-order valence-corrected chi connectivity index (χ0v) is 16.3. The quantitative estimate of drug-likeness (QED) is 0.374. The van der Waals surface area contributed by atoms with Crippen LogP contribution in [-0.4, -0.2) is 43.6 Å². The number of hydrogen-bond donors (Lipinski definition) is 4. The number of benzene rings is 2. The number of aliphatic imine (C=N–C) groups is 1. The van der Waals surface area contributed by atoms with Gasteiger partial charge in [0.15, 0.2) is 0 Å². The molecule has 1 unspecified atom stereocenters. The second-order valence-corrected chi connectivity index (χ2v) is 8.77. The summed E-state index contributed by atoms with van der Waals surface area (Å²) < 4.78 is 0. The molecule has 2 aromatic carbocycles. The van der Waals surface area contributed by atoms with Crippen LogP contribution in [0.2, 0.25) is 0 Å². The van der Waals surface area contributed by atoms with E-state index in [0.29, 0.717) is 11.3 Å². The minimum Gasteiger partial charge on any atom is -0.481 e. The van der Waals surface area contributed by atoms with Crippen molar-refractivity contribution in [3.8, 4) is 0 Å². The molecular formula is C20H23NO6P+. The standard InChI is InChI=1S/C20H22NO6P/c1-14-7-10-17(11-8-14)21-19(15-5-3-2-4-6-15)28(26,27)13-16(20(24)25)9-12-18(22)23/h2-8,10-11,16,26-27H,9,12-13H2,1H3,(H-,22,23,24,25)/p+1. The normalized spacial score (nSPS) is 13.2. The van der Waals surface area contributed by atoms with Gasteiger partial charge in [-0.05, 0) is 37.6 Å². The Morgan fingerprint density at radius 2 is 1.61 bits per heavy atom. The van der Waals surface area contributed by atoms with E-state index in [1.54, 1.807) is 42.5 Å². The fraction of sp³-hybridized carbons (Fsp3) is 0.250. The number of carbonyl (C=O) groups is 2. The number of carboxylic acid groups (broad SMARTS) is 2. The van der Waals surface area contributed by atoms with Crippen LogP contribution >= 0.6 is 7.72 Å². The molecule has 0 aliphatic carbocycles. The van der Waals surface area contributed by atoms with E-state index < -0.39 is 31.7 Å². The molecule has 7 nitrogen and oxygen atoms in total. The molecule has 0 amide bonds. The van der Waals surface area contributed by atoms with Gasteiger partial charge in [-0.3, -0.25) is 9.59 Å². The van der Waals surface area contributed by atoms with Gasteiger partial charge < -0.3 is 10.2 Å². The Morgan fingerprint density at radius 3 is 2.14 bits per heavy atom. The van der Waals surface area contributed by atoms with Crippen molar-refractivity contribution in [2.75, 3.05) is 6.16 Å². The highest BCUT2D eigenvalue weighted by atomic mass is 31.2. The summed E-state index contributed by atoms with van der Waals surface area (Å²) in [6, 6.07) is 15.7. The third kappa shape index (κ3) is 6.23. The van der Waals surface area contributed by atoms with E-state index in [9.17, 15) is 24.5 Å². The molecule has 0 radical (unpaired) electrons. The molecular weight excluding hydrogens is 381 g/mol. The number of hydrogen-bond acceptors (Lipinski definition) is 5. The predicted molar refractivity (Wildman–Crippen MR) is 108 cm³/mol. The lowest BCUT2D eigenvalue weighted by molar-refractivity contribution is -0.142. The Morgan fingerprint density at radius 1 is 1.00 bits per heavy atom. The number of nitrogens with zero attached hydrogens (tertiary/aromatic N) is 1. The smallest absolute Gasteiger partial charge is 0.320 e. The van der Waals surface area contributed by atoms with E-state index >= 15 is 0 Å². The summed E-state index contributed by atoms with van der Waals surface area (Å²) in [4.78, 5) is 48.4. The summed E-state index contributed by atoms with van der Waals surface area (Å²) >= 11 is 0. The molecule has 28 heavy (non-hydrogen) atoms. The van der Waals surface area contributed by atoms with Crippen LogP contribution in [0.4, 0.5) is 5.69 Å². The molecule has 0 aliphatic heterocycles. The first-order valence-electron chi connectivity index (χ1n) is 8.68. The van der Waals surface area contributed by atoms with Gasteiger partial charge in [0.25, 0.3) is 0 Å². The van der Waals surface area contributed by atoms with Crippen molar-refractivity contribution in [3.63, 3.8) is 0 Å². The highest BCUT2D eigenvalue weighted by molar-refractivity contribution is 7.82. The van der Waals surface area contributed by atoms with E-state index in [0.717, 1.165) is 5.56 Å².